The van der Waals surface area contributed by atoms with Crippen molar-refractivity contribution in [1.82, 2.24) is 19.4 Å². The first-order chi connectivity index (χ1) is 9.24. The lowest BCUT2D eigenvalue weighted by Gasteiger charge is -2.21. The van der Waals surface area contributed by atoms with Crippen molar-refractivity contribution < 1.29 is 0 Å². The molecule has 0 spiro atoms. The molecule has 1 N–H and O–H groups in total. The highest BCUT2D eigenvalue weighted by atomic mass is 15.2. The fraction of sp³-hybridized carbons (Fsp3) is 0.571. The number of nitrogens with zero attached hydrogens (tertiary/aromatic N) is 4. The van der Waals surface area contributed by atoms with Crippen molar-refractivity contribution in [2.75, 3.05) is 25.0 Å². The highest BCUT2D eigenvalue weighted by Gasteiger charge is 2.16. The molecule has 1 aliphatic heterocycles. The lowest BCUT2D eigenvalue weighted by molar-refractivity contribution is 0.327. The van der Waals surface area contributed by atoms with Gasteiger partial charge >= 0.3 is 0 Å². The Morgan fingerprint density at radius 1 is 1.32 bits per heavy atom. The molecule has 1 unspecified atom stereocenters. The van der Waals surface area contributed by atoms with E-state index in [9.17, 15) is 0 Å². The molecule has 1 saturated heterocycles. The molecule has 5 heteroatoms. The second-order valence-electron chi connectivity index (χ2n) is 5.44. The lowest BCUT2D eigenvalue weighted by Crippen LogP contribution is -2.33. The number of pyridine rings is 1. The zero-order valence-corrected chi connectivity index (χ0v) is 11.6. The average molecular weight is 259 g/mol. The Kier molecular flexibility index (Phi) is 3.38. The molecule has 1 fully saturated rings. The molecule has 5 nitrogen and oxygen atoms in total. The molecule has 3 rings (SSSR count). The number of aromatic nitrogens is 3. The van der Waals surface area contributed by atoms with Crippen molar-refractivity contribution in [2.45, 2.75) is 25.8 Å². The lowest BCUT2D eigenvalue weighted by atomic mass is 10.3. The van der Waals surface area contributed by atoms with Crippen molar-refractivity contribution in [1.29, 1.82) is 0 Å². The largest absolute Gasteiger partial charge is 0.364 e. The maximum atomic E-state index is 4.43. The van der Waals surface area contributed by atoms with Crippen LogP contribution in [0.1, 0.15) is 19.8 Å². The van der Waals surface area contributed by atoms with Gasteiger partial charge in [0.25, 0.3) is 0 Å². The van der Waals surface area contributed by atoms with Gasteiger partial charge in [0.1, 0.15) is 5.52 Å². The molecule has 0 bridgehead atoms. The average Bonchev–Trinajstić information content (AvgIpc) is 3.01. The van der Waals surface area contributed by atoms with Crippen molar-refractivity contribution in [3.63, 3.8) is 0 Å². The van der Waals surface area contributed by atoms with Gasteiger partial charge < -0.3 is 14.8 Å². The van der Waals surface area contributed by atoms with Gasteiger partial charge in [-0.2, -0.15) is 0 Å². The molecule has 2 aromatic rings. The molecule has 1 aliphatic rings. The standard InChI is InChI=1S/C14H21N5/c1-11(9-19-7-3-4-8-19)17-14-13-12(5-6-15-14)18(2)10-16-13/h5-6,10-11H,3-4,7-9H2,1-2H3,(H,15,17). The predicted molar refractivity (Wildman–Crippen MR) is 77.3 cm³/mol. The fourth-order valence-corrected chi connectivity index (χ4v) is 2.80. The first-order valence-electron chi connectivity index (χ1n) is 6.99. The van der Waals surface area contributed by atoms with E-state index in [1.54, 1.807) is 0 Å². The minimum atomic E-state index is 0.387. The Morgan fingerprint density at radius 3 is 2.89 bits per heavy atom. The number of fused-ring (bicyclic) bond motifs is 1. The van der Waals surface area contributed by atoms with Crippen molar-refractivity contribution >= 4 is 16.9 Å². The maximum absolute atomic E-state index is 4.43. The van der Waals surface area contributed by atoms with Crippen molar-refractivity contribution in [2.24, 2.45) is 7.05 Å². The number of rotatable bonds is 4. The van der Waals surface area contributed by atoms with Gasteiger partial charge in [0.05, 0.1) is 11.8 Å². The van der Waals surface area contributed by atoms with Crippen LogP contribution >= 0.6 is 0 Å². The Balaban J connectivity index is 1.73. The topological polar surface area (TPSA) is 46.0 Å². The number of hydrogen-bond acceptors (Lipinski definition) is 4. The molecular weight excluding hydrogens is 238 g/mol. The summed E-state index contributed by atoms with van der Waals surface area (Å²) in [5, 5.41) is 3.50. The predicted octanol–water partition coefficient (Wildman–Crippen LogP) is 1.86. The van der Waals surface area contributed by atoms with Crippen LogP contribution < -0.4 is 5.32 Å². The smallest absolute Gasteiger partial charge is 0.154 e. The molecule has 19 heavy (non-hydrogen) atoms. The summed E-state index contributed by atoms with van der Waals surface area (Å²) < 4.78 is 2.02. The van der Waals surface area contributed by atoms with Gasteiger partial charge in [-0.05, 0) is 38.9 Å². The van der Waals surface area contributed by atoms with Gasteiger partial charge in [-0.3, -0.25) is 0 Å². The number of aryl methyl sites for hydroxylation is 1. The van der Waals surface area contributed by atoms with E-state index in [0.717, 1.165) is 23.4 Å². The summed E-state index contributed by atoms with van der Waals surface area (Å²) in [5.74, 6) is 0.893. The normalized spacial score (nSPS) is 18.0. The molecular formula is C14H21N5. The molecule has 2 aromatic heterocycles. The maximum Gasteiger partial charge on any atom is 0.154 e. The first-order valence-corrected chi connectivity index (χ1v) is 6.99. The summed E-state index contributed by atoms with van der Waals surface area (Å²) in [6.45, 7) is 5.74. The summed E-state index contributed by atoms with van der Waals surface area (Å²) in [5.41, 5.74) is 2.07. The van der Waals surface area contributed by atoms with Crippen LogP contribution in [0.2, 0.25) is 0 Å². The van der Waals surface area contributed by atoms with Gasteiger partial charge in [-0.25, -0.2) is 9.97 Å². The highest BCUT2D eigenvalue weighted by molar-refractivity contribution is 5.85. The van der Waals surface area contributed by atoms with Crippen molar-refractivity contribution in [3.05, 3.63) is 18.6 Å². The highest BCUT2D eigenvalue weighted by Crippen LogP contribution is 2.19. The van der Waals surface area contributed by atoms with Gasteiger partial charge in [-0.1, -0.05) is 0 Å². The van der Waals surface area contributed by atoms with E-state index in [0.29, 0.717) is 6.04 Å². The second-order valence-corrected chi connectivity index (χ2v) is 5.44. The van der Waals surface area contributed by atoms with Gasteiger partial charge in [0, 0.05) is 25.8 Å². The monoisotopic (exact) mass is 259 g/mol. The van der Waals surface area contributed by atoms with E-state index in [4.69, 9.17) is 0 Å². The van der Waals surface area contributed by atoms with Crippen LogP contribution in [0.25, 0.3) is 11.0 Å². The van der Waals surface area contributed by atoms with E-state index in [1.165, 1.54) is 25.9 Å². The molecule has 102 valence electrons. The van der Waals surface area contributed by atoms with E-state index < -0.39 is 0 Å². The van der Waals surface area contributed by atoms with E-state index in [-0.39, 0.29) is 0 Å². The summed E-state index contributed by atoms with van der Waals surface area (Å²) in [7, 11) is 2.01. The van der Waals surface area contributed by atoms with Crippen LogP contribution in [-0.2, 0) is 7.05 Å². The van der Waals surface area contributed by atoms with Crippen LogP contribution in [-0.4, -0.2) is 45.1 Å². The Morgan fingerprint density at radius 2 is 2.11 bits per heavy atom. The molecule has 0 saturated carbocycles. The third-order valence-corrected chi connectivity index (χ3v) is 3.76. The molecule has 1 atom stereocenters. The number of anilines is 1. The van der Waals surface area contributed by atoms with E-state index >= 15 is 0 Å². The Hall–Kier alpha value is -1.62. The third kappa shape index (κ3) is 2.56. The van der Waals surface area contributed by atoms with E-state index in [2.05, 4.69) is 27.1 Å². The Bertz CT molecular complexity index is 556. The van der Waals surface area contributed by atoms with Crippen LogP contribution in [0.3, 0.4) is 0 Å². The van der Waals surface area contributed by atoms with Gasteiger partial charge in [0.2, 0.25) is 0 Å². The van der Waals surface area contributed by atoms with Gasteiger partial charge in [-0.15, -0.1) is 0 Å². The molecule has 0 aliphatic carbocycles. The first kappa shape index (κ1) is 12.4. The number of nitrogens with one attached hydrogen (secondary N) is 1. The summed E-state index contributed by atoms with van der Waals surface area (Å²) in [4.78, 5) is 11.4. The second kappa shape index (κ2) is 5.17. The summed E-state index contributed by atoms with van der Waals surface area (Å²) >= 11 is 0. The molecule has 3 heterocycles. The zero-order chi connectivity index (χ0) is 13.2. The third-order valence-electron chi connectivity index (χ3n) is 3.76. The molecule has 0 aromatic carbocycles. The molecule has 0 amide bonds. The minimum Gasteiger partial charge on any atom is -0.364 e. The van der Waals surface area contributed by atoms with Crippen molar-refractivity contribution in [3.8, 4) is 0 Å². The van der Waals surface area contributed by atoms with Crippen LogP contribution in [0, 0.1) is 0 Å². The summed E-state index contributed by atoms with van der Waals surface area (Å²) in [6, 6.07) is 2.39. The quantitative estimate of drug-likeness (QED) is 0.910. The minimum absolute atomic E-state index is 0.387. The number of imidazole rings is 1. The van der Waals surface area contributed by atoms with Crippen LogP contribution in [0.15, 0.2) is 18.6 Å². The zero-order valence-electron chi connectivity index (χ0n) is 11.6. The fourth-order valence-electron chi connectivity index (χ4n) is 2.80. The summed E-state index contributed by atoms with van der Waals surface area (Å²) in [6.07, 6.45) is 6.35. The van der Waals surface area contributed by atoms with Gasteiger partial charge in [0.15, 0.2) is 5.82 Å². The van der Waals surface area contributed by atoms with Crippen LogP contribution in [0.5, 0.6) is 0 Å². The SMILES string of the molecule is CC(CN1CCCC1)Nc1nccc2c1ncn2C. The van der Waals surface area contributed by atoms with E-state index in [1.807, 2.05) is 30.2 Å². The Labute approximate surface area is 113 Å². The number of hydrogen-bond donors (Lipinski definition) is 1. The van der Waals surface area contributed by atoms with Crippen LogP contribution in [0.4, 0.5) is 5.82 Å². The molecule has 0 radical (unpaired) electrons. The number of likely N-dealkylation sites (tertiary alicyclic amines) is 1.